The van der Waals surface area contributed by atoms with Crippen molar-refractivity contribution in [3.8, 4) is 0 Å². The summed E-state index contributed by atoms with van der Waals surface area (Å²) in [7, 11) is 0. The zero-order chi connectivity index (χ0) is 5.15. The molecule has 0 aliphatic carbocycles. The van der Waals surface area contributed by atoms with Crippen molar-refractivity contribution < 1.29 is 14.7 Å². The quantitative estimate of drug-likeness (QED) is 0.363. The molecule has 0 aromatic heterocycles. The lowest BCUT2D eigenvalue weighted by atomic mass is 10.7. The summed E-state index contributed by atoms with van der Waals surface area (Å²) in [4.78, 5) is 18.4. The average molecular weight is 88.0 g/mol. The smallest absolute Gasteiger partial charge is 0.360 e. The fourth-order valence-electron chi connectivity index (χ4n) is 0. The van der Waals surface area contributed by atoms with Gasteiger partial charge in [-0.25, -0.2) is 9.90 Å². The summed E-state index contributed by atoms with van der Waals surface area (Å²) >= 11 is 0. The molecular weight excluding hydrogens is 86.0 g/mol. The van der Waals surface area contributed by atoms with Gasteiger partial charge in [-0.3, -0.25) is 4.79 Å². The molecule has 2 N–H and O–H groups in total. The van der Waals surface area contributed by atoms with Gasteiger partial charge in [0, 0.05) is 0 Å². The number of carbonyl (C=O) groups excluding carboxylic acids is 2. The van der Waals surface area contributed by atoms with E-state index >= 15 is 0 Å². The molecule has 4 nitrogen and oxygen atoms in total. The van der Waals surface area contributed by atoms with Gasteiger partial charge in [-0.15, -0.1) is 0 Å². The van der Waals surface area contributed by atoms with Gasteiger partial charge in [0.05, 0.1) is 0 Å². The Morgan fingerprint density at radius 2 is 1.50 bits per heavy atom. The van der Waals surface area contributed by atoms with Crippen LogP contribution in [0.2, 0.25) is 0 Å². The lowest BCUT2D eigenvalue weighted by molar-refractivity contribution is -0.153. The van der Waals surface area contributed by atoms with E-state index in [0.29, 0.717) is 0 Å². The summed E-state index contributed by atoms with van der Waals surface area (Å²) in [5.41, 5.74) is 4.13. The van der Waals surface area contributed by atoms with Gasteiger partial charge in [-0.2, -0.15) is 0 Å². The van der Waals surface area contributed by atoms with Crippen molar-refractivity contribution >= 4 is 11.9 Å². The highest BCUT2D eigenvalue weighted by Crippen LogP contribution is 1.53. The summed E-state index contributed by atoms with van der Waals surface area (Å²) in [6, 6.07) is 0. The van der Waals surface area contributed by atoms with Crippen LogP contribution in [0.1, 0.15) is 0 Å². The van der Waals surface area contributed by atoms with Crippen LogP contribution in [0.15, 0.2) is 0 Å². The molecule has 0 fully saturated rings. The lowest BCUT2D eigenvalue weighted by Crippen LogP contribution is -2.20. The molecule has 0 aliphatic heterocycles. The van der Waals surface area contributed by atoms with Crippen molar-refractivity contribution in [2.24, 2.45) is 5.73 Å². The van der Waals surface area contributed by atoms with Crippen molar-refractivity contribution in [1.29, 1.82) is 0 Å². The molecule has 0 aromatic carbocycles. The Balaban J connectivity index is 3.57. The van der Waals surface area contributed by atoms with Gasteiger partial charge in [-0.05, 0) is 0 Å². The van der Waals surface area contributed by atoms with Crippen LogP contribution in [-0.2, 0) is 14.7 Å². The van der Waals surface area contributed by atoms with Crippen LogP contribution in [0.25, 0.3) is 0 Å². The maximum absolute atomic E-state index is 9.26. The van der Waals surface area contributed by atoms with Crippen LogP contribution in [-0.4, -0.2) is 11.9 Å². The molecule has 0 saturated carbocycles. The molecule has 1 radical (unpaired) electrons. The Labute approximate surface area is 33.6 Å². The highest BCUT2D eigenvalue weighted by Gasteiger charge is 2.04. The molecular formula is C2H2NO3. The minimum Gasteiger partial charge on any atom is -0.360 e. The minimum atomic E-state index is -1.85. The van der Waals surface area contributed by atoms with E-state index in [-0.39, 0.29) is 0 Å². The number of hydrogen-bond acceptors (Lipinski definition) is 2. The lowest BCUT2D eigenvalue weighted by Gasteiger charge is -1.69. The summed E-state index contributed by atoms with van der Waals surface area (Å²) in [5, 5.41) is 9.11. The summed E-state index contributed by atoms with van der Waals surface area (Å²) in [5.74, 6) is -3.29. The second kappa shape index (κ2) is 1.40. The Morgan fingerprint density at radius 1 is 1.33 bits per heavy atom. The van der Waals surface area contributed by atoms with Gasteiger partial charge in [0.15, 0.2) is 0 Å². The van der Waals surface area contributed by atoms with E-state index in [0.717, 1.165) is 0 Å². The predicted molar refractivity (Wildman–Crippen MR) is 14.9 cm³/mol. The van der Waals surface area contributed by atoms with Crippen LogP contribution >= 0.6 is 0 Å². The van der Waals surface area contributed by atoms with Crippen molar-refractivity contribution in [1.82, 2.24) is 0 Å². The maximum Gasteiger partial charge on any atom is 0.442 e. The second-order valence-electron chi connectivity index (χ2n) is 0.652. The molecule has 0 rings (SSSR count). The van der Waals surface area contributed by atoms with E-state index in [1.807, 2.05) is 0 Å². The number of carbonyl (C=O) groups is 2. The third kappa shape index (κ3) is 1.28. The SMILES string of the molecule is NC(=O)C([O])=O. The Hall–Kier alpha value is -1.06. The monoisotopic (exact) mass is 88.0 g/mol. The van der Waals surface area contributed by atoms with Crippen molar-refractivity contribution in [3.05, 3.63) is 0 Å². The van der Waals surface area contributed by atoms with Gasteiger partial charge in [0.2, 0.25) is 0 Å². The number of hydrogen-bond donors (Lipinski definition) is 1. The summed E-state index contributed by atoms with van der Waals surface area (Å²) in [6.45, 7) is 0. The Kier molecular flexibility index (Phi) is 1.15. The molecule has 0 heterocycles. The van der Waals surface area contributed by atoms with Gasteiger partial charge < -0.3 is 5.73 Å². The molecule has 6 heavy (non-hydrogen) atoms. The average Bonchev–Trinajstić information content (AvgIpc) is 1.36. The van der Waals surface area contributed by atoms with E-state index < -0.39 is 11.9 Å². The zero-order valence-corrected chi connectivity index (χ0v) is 2.80. The first-order valence-electron chi connectivity index (χ1n) is 1.15. The molecule has 0 atom stereocenters. The molecule has 0 aromatic rings. The van der Waals surface area contributed by atoms with Crippen LogP contribution in [0.4, 0.5) is 0 Å². The summed E-state index contributed by atoms with van der Waals surface area (Å²) < 4.78 is 0. The predicted octanol–water partition coefficient (Wildman–Crippen LogP) is -1.57. The van der Waals surface area contributed by atoms with E-state index in [2.05, 4.69) is 5.73 Å². The van der Waals surface area contributed by atoms with E-state index in [9.17, 15) is 4.79 Å². The molecule has 33 valence electrons. The van der Waals surface area contributed by atoms with Crippen LogP contribution in [0.3, 0.4) is 0 Å². The van der Waals surface area contributed by atoms with Crippen molar-refractivity contribution in [3.63, 3.8) is 0 Å². The topological polar surface area (TPSA) is 80.1 Å². The van der Waals surface area contributed by atoms with E-state index in [4.69, 9.17) is 9.90 Å². The van der Waals surface area contributed by atoms with Gasteiger partial charge in [0.1, 0.15) is 0 Å². The van der Waals surface area contributed by atoms with Gasteiger partial charge in [0.25, 0.3) is 0 Å². The number of primary amides is 1. The largest absolute Gasteiger partial charge is 0.442 e. The minimum absolute atomic E-state index is 1.44. The second-order valence-corrected chi connectivity index (χ2v) is 0.652. The zero-order valence-electron chi connectivity index (χ0n) is 2.80. The number of rotatable bonds is 0. The molecule has 0 aliphatic rings. The van der Waals surface area contributed by atoms with Gasteiger partial charge in [-0.1, -0.05) is 0 Å². The van der Waals surface area contributed by atoms with Crippen molar-refractivity contribution in [2.45, 2.75) is 0 Å². The first-order valence-corrected chi connectivity index (χ1v) is 1.15. The van der Waals surface area contributed by atoms with Crippen LogP contribution < -0.4 is 5.73 Å². The highest BCUT2D eigenvalue weighted by molar-refractivity contribution is 6.30. The molecule has 0 saturated heterocycles. The van der Waals surface area contributed by atoms with Crippen LogP contribution in [0, 0.1) is 0 Å². The molecule has 0 spiro atoms. The fraction of sp³-hybridized carbons (Fsp3) is 0. The number of nitrogens with two attached hydrogens (primary N) is 1. The summed E-state index contributed by atoms with van der Waals surface area (Å²) in [6.07, 6.45) is 0. The third-order valence-corrected chi connectivity index (χ3v) is 0.201. The van der Waals surface area contributed by atoms with Crippen molar-refractivity contribution in [2.75, 3.05) is 0 Å². The standard InChI is InChI=1S/C2H2NO3/c3-1(4)2(5)6/h(H2,3,4). The molecule has 0 unspecified atom stereocenters. The Bertz CT molecular complexity index is 74.8. The number of amides is 1. The van der Waals surface area contributed by atoms with E-state index in [1.54, 1.807) is 0 Å². The maximum atomic E-state index is 9.26. The van der Waals surface area contributed by atoms with Crippen LogP contribution in [0.5, 0.6) is 0 Å². The van der Waals surface area contributed by atoms with Gasteiger partial charge >= 0.3 is 11.9 Å². The Morgan fingerprint density at radius 3 is 1.50 bits per heavy atom. The first kappa shape index (κ1) is 4.94. The highest BCUT2D eigenvalue weighted by atomic mass is 16.4. The normalized spacial score (nSPS) is 7.33. The fourth-order valence-corrected chi connectivity index (χ4v) is 0. The third-order valence-electron chi connectivity index (χ3n) is 0.201. The van der Waals surface area contributed by atoms with E-state index in [1.165, 1.54) is 0 Å². The molecule has 1 amide bonds. The molecule has 4 heteroatoms. The molecule has 0 bridgehead atoms. The first-order chi connectivity index (χ1) is 2.64.